The minimum atomic E-state index is -3.88. The highest BCUT2D eigenvalue weighted by Gasteiger charge is 2.25. The summed E-state index contributed by atoms with van der Waals surface area (Å²) < 4.78 is 44.2. The number of methoxy groups -OCH3 is 2. The molecule has 3 heterocycles. The normalized spacial score (nSPS) is 14.2. The van der Waals surface area contributed by atoms with E-state index in [0.29, 0.717) is 35.8 Å². The van der Waals surface area contributed by atoms with Gasteiger partial charge in [0.25, 0.3) is 10.0 Å². The Bertz CT molecular complexity index is 1190. The van der Waals surface area contributed by atoms with E-state index in [2.05, 4.69) is 14.9 Å². The fraction of sp³-hybridized carbons (Fsp3) is 0.350. The molecule has 0 atom stereocenters. The van der Waals surface area contributed by atoms with Gasteiger partial charge in [0.1, 0.15) is 15.7 Å². The third-order valence-corrected chi connectivity index (χ3v) is 7.76. The molecule has 0 radical (unpaired) electrons. The Hall–Kier alpha value is -3.12. The maximum atomic E-state index is 12.9. The second-order valence-electron chi connectivity index (χ2n) is 7.13. The standard InChI is InChI=1S/C20H22N4O6S2/c1-28-15-9-14(10-16(11-15)29-2)23-32(26,27)17-8-13(12-31-17)18-21-22-19(30-18)20(25)24-6-4-3-5-7-24/h8-12,23H,3-7H2,1-2H3. The molecule has 1 aliphatic rings. The molecular formula is C20H22N4O6S2. The van der Waals surface area contributed by atoms with Gasteiger partial charge in [-0.15, -0.1) is 21.5 Å². The molecule has 0 aliphatic carbocycles. The summed E-state index contributed by atoms with van der Waals surface area (Å²) in [4.78, 5) is 14.2. The van der Waals surface area contributed by atoms with Crippen LogP contribution in [0, 0.1) is 0 Å². The van der Waals surface area contributed by atoms with Gasteiger partial charge in [0.15, 0.2) is 0 Å². The molecule has 12 heteroatoms. The fourth-order valence-electron chi connectivity index (χ4n) is 3.30. The summed E-state index contributed by atoms with van der Waals surface area (Å²) in [7, 11) is -0.926. The first kappa shape index (κ1) is 22.1. The van der Waals surface area contributed by atoms with Crippen LogP contribution in [0.5, 0.6) is 11.5 Å². The van der Waals surface area contributed by atoms with Crippen LogP contribution in [-0.2, 0) is 10.0 Å². The van der Waals surface area contributed by atoms with Gasteiger partial charge in [-0.25, -0.2) is 8.42 Å². The van der Waals surface area contributed by atoms with Gasteiger partial charge in [0.05, 0.1) is 25.5 Å². The van der Waals surface area contributed by atoms with Crippen LogP contribution < -0.4 is 14.2 Å². The van der Waals surface area contributed by atoms with Crippen molar-refractivity contribution >= 4 is 33.0 Å². The van der Waals surface area contributed by atoms with E-state index in [0.717, 1.165) is 30.6 Å². The van der Waals surface area contributed by atoms with E-state index >= 15 is 0 Å². The van der Waals surface area contributed by atoms with Crippen LogP contribution in [-0.4, -0.2) is 56.7 Å². The van der Waals surface area contributed by atoms with E-state index in [-0.39, 0.29) is 21.9 Å². The molecule has 2 aromatic heterocycles. The number of carbonyl (C=O) groups excluding carboxylic acids is 1. The van der Waals surface area contributed by atoms with Crippen molar-refractivity contribution in [2.75, 3.05) is 32.0 Å². The quantitative estimate of drug-likeness (QED) is 0.549. The zero-order chi connectivity index (χ0) is 22.7. The number of sulfonamides is 1. The molecule has 0 bridgehead atoms. The average molecular weight is 479 g/mol. The van der Waals surface area contributed by atoms with Crippen LogP contribution in [0.1, 0.15) is 29.9 Å². The highest BCUT2D eigenvalue weighted by atomic mass is 32.2. The van der Waals surface area contributed by atoms with Gasteiger partial charge in [-0.3, -0.25) is 9.52 Å². The predicted molar refractivity (Wildman–Crippen MR) is 118 cm³/mol. The lowest BCUT2D eigenvalue weighted by Gasteiger charge is -2.24. The highest BCUT2D eigenvalue weighted by Crippen LogP contribution is 2.31. The van der Waals surface area contributed by atoms with Crippen LogP contribution in [0.15, 0.2) is 38.3 Å². The van der Waals surface area contributed by atoms with Gasteiger partial charge in [0, 0.05) is 36.7 Å². The molecule has 1 amide bonds. The summed E-state index contributed by atoms with van der Waals surface area (Å²) in [5.41, 5.74) is 0.715. The molecule has 1 aliphatic heterocycles. The third kappa shape index (κ3) is 4.70. The Labute approximate surface area is 189 Å². The lowest BCUT2D eigenvalue weighted by Crippen LogP contribution is -2.35. The van der Waals surface area contributed by atoms with Crippen molar-refractivity contribution in [3.05, 3.63) is 35.5 Å². The minimum absolute atomic E-state index is 0.0522. The van der Waals surface area contributed by atoms with Crippen molar-refractivity contribution in [2.45, 2.75) is 23.5 Å². The number of anilines is 1. The number of nitrogens with zero attached hydrogens (tertiary/aromatic N) is 3. The first-order valence-corrected chi connectivity index (χ1v) is 12.2. The molecule has 3 aromatic rings. The van der Waals surface area contributed by atoms with Crippen molar-refractivity contribution in [3.63, 3.8) is 0 Å². The second-order valence-corrected chi connectivity index (χ2v) is 9.95. The van der Waals surface area contributed by atoms with Crippen molar-refractivity contribution in [1.82, 2.24) is 15.1 Å². The second kappa shape index (κ2) is 9.17. The number of benzene rings is 1. The topological polar surface area (TPSA) is 124 Å². The summed E-state index contributed by atoms with van der Waals surface area (Å²) in [6, 6.07) is 6.16. The van der Waals surface area contributed by atoms with Crippen LogP contribution >= 0.6 is 11.3 Å². The number of piperidine rings is 1. The Balaban J connectivity index is 1.52. The molecule has 0 spiro atoms. The molecule has 1 fully saturated rings. The molecule has 1 saturated heterocycles. The average Bonchev–Trinajstić information content (AvgIpc) is 3.49. The van der Waals surface area contributed by atoms with E-state index in [1.165, 1.54) is 20.3 Å². The van der Waals surface area contributed by atoms with Gasteiger partial charge >= 0.3 is 11.8 Å². The summed E-state index contributed by atoms with van der Waals surface area (Å²) in [5, 5.41) is 9.36. The molecule has 0 unspecified atom stereocenters. The van der Waals surface area contributed by atoms with Crippen LogP contribution in [0.25, 0.3) is 11.5 Å². The van der Waals surface area contributed by atoms with Gasteiger partial charge < -0.3 is 18.8 Å². The Morgan fingerprint density at radius 2 is 1.75 bits per heavy atom. The number of ether oxygens (including phenoxy) is 2. The summed E-state index contributed by atoms with van der Waals surface area (Å²) in [6.07, 6.45) is 3.00. The van der Waals surface area contributed by atoms with Gasteiger partial charge in [-0.1, -0.05) is 0 Å². The number of hydrogen-bond donors (Lipinski definition) is 1. The van der Waals surface area contributed by atoms with Crippen LogP contribution in [0.4, 0.5) is 5.69 Å². The van der Waals surface area contributed by atoms with Crippen LogP contribution in [0.2, 0.25) is 0 Å². The molecule has 32 heavy (non-hydrogen) atoms. The van der Waals surface area contributed by atoms with Crippen molar-refractivity contribution < 1.29 is 27.1 Å². The molecule has 1 aromatic carbocycles. The maximum absolute atomic E-state index is 12.9. The molecule has 1 N–H and O–H groups in total. The summed E-state index contributed by atoms with van der Waals surface area (Å²) in [6.45, 7) is 1.33. The third-order valence-electron chi connectivity index (χ3n) is 4.94. The largest absolute Gasteiger partial charge is 0.497 e. The smallest absolute Gasteiger partial charge is 0.311 e. The lowest BCUT2D eigenvalue weighted by atomic mass is 10.1. The minimum Gasteiger partial charge on any atom is -0.497 e. The number of nitrogens with one attached hydrogen (secondary N) is 1. The fourth-order valence-corrected chi connectivity index (χ4v) is 5.49. The SMILES string of the molecule is COc1cc(NS(=O)(=O)c2cc(-c3nnc(C(=O)N4CCCCC4)o3)cs2)cc(OC)c1. The molecule has 10 nitrogen and oxygen atoms in total. The lowest BCUT2D eigenvalue weighted by molar-refractivity contribution is 0.0684. The predicted octanol–water partition coefficient (Wildman–Crippen LogP) is 3.24. The number of thiophene rings is 1. The number of carbonyl (C=O) groups is 1. The maximum Gasteiger partial charge on any atom is 0.311 e. The number of hydrogen-bond acceptors (Lipinski definition) is 9. The first-order valence-electron chi connectivity index (χ1n) is 9.87. The zero-order valence-electron chi connectivity index (χ0n) is 17.5. The number of likely N-dealkylation sites (tertiary alicyclic amines) is 1. The van der Waals surface area contributed by atoms with Gasteiger partial charge in [-0.2, -0.15) is 0 Å². The number of amides is 1. The van der Waals surface area contributed by atoms with Crippen LogP contribution in [0.3, 0.4) is 0 Å². The number of rotatable bonds is 7. The number of aromatic nitrogens is 2. The van der Waals surface area contributed by atoms with E-state index < -0.39 is 10.0 Å². The first-order chi connectivity index (χ1) is 15.4. The Kier molecular flexibility index (Phi) is 6.33. The van der Waals surface area contributed by atoms with Crippen molar-refractivity contribution in [3.8, 4) is 23.0 Å². The highest BCUT2D eigenvalue weighted by molar-refractivity contribution is 7.94. The molecule has 170 valence electrons. The van der Waals surface area contributed by atoms with Gasteiger partial charge in [-0.05, 0) is 25.3 Å². The van der Waals surface area contributed by atoms with E-state index in [4.69, 9.17) is 13.9 Å². The van der Waals surface area contributed by atoms with Crippen molar-refractivity contribution in [2.24, 2.45) is 0 Å². The van der Waals surface area contributed by atoms with Crippen molar-refractivity contribution in [1.29, 1.82) is 0 Å². The Morgan fingerprint density at radius 1 is 1.06 bits per heavy atom. The zero-order valence-corrected chi connectivity index (χ0v) is 19.2. The van der Waals surface area contributed by atoms with E-state index in [1.807, 2.05) is 0 Å². The van der Waals surface area contributed by atoms with E-state index in [9.17, 15) is 13.2 Å². The Morgan fingerprint density at radius 3 is 2.41 bits per heavy atom. The summed E-state index contributed by atoms with van der Waals surface area (Å²) in [5.74, 6) is 0.585. The molecule has 0 saturated carbocycles. The van der Waals surface area contributed by atoms with E-state index in [1.54, 1.807) is 28.5 Å². The monoisotopic (exact) mass is 478 g/mol. The molecule has 4 rings (SSSR count). The van der Waals surface area contributed by atoms with Gasteiger partial charge in [0.2, 0.25) is 5.89 Å². The molecular weight excluding hydrogens is 456 g/mol. The summed E-state index contributed by atoms with van der Waals surface area (Å²) >= 11 is 1.00.